The van der Waals surface area contributed by atoms with Crippen LogP contribution in [0.1, 0.15) is 26.7 Å². The van der Waals surface area contributed by atoms with Gasteiger partial charge >= 0.3 is 0 Å². The van der Waals surface area contributed by atoms with E-state index in [4.69, 9.17) is 10.5 Å². The lowest BCUT2D eigenvalue weighted by Crippen LogP contribution is -2.50. The summed E-state index contributed by atoms with van der Waals surface area (Å²) >= 11 is 0. The predicted octanol–water partition coefficient (Wildman–Crippen LogP) is 0.444. The summed E-state index contributed by atoms with van der Waals surface area (Å²) in [4.78, 5) is 14.2. The van der Waals surface area contributed by atoms with Crippen LogP contribution in [0.2, 0.25) is 0 Å². The highest BCUT2D eigenvalue weighted by molar-refractivity contribution is 5.81. The topological polar surface area (TPSA) is 67.6 Å². The van der Waals surface area contributed by atoms with Crippen LogP contribution in [0.15, 0.2) is 0 Å². The largest absolute Gasteiger partial charge is 0.381 e. The van der Waals surface area contributed by atoms with Crippen LogP contribution in [0, 0.1) is 11.3 Å². The molecule has 112 valence electrons. The van der Waals surface area contributed by atoms with Crippen LogP contribution in [0.5, 0.6) is 0 Å². The molecule has 1 amide bonds. The number of nitrogens with two attached hydrogens (primary N) is 1. The number of rotatable bonds is 6. The van der Waals surface area contributed by atoms with Gasteiger partial charge in [0.1, 0.15) is 0 Å². The fraction of sp³-hybridized carbons (Fsp3) is 0.929. The molecule has 1 heterocycles. The number of amides is 1. The fourth-order valence-electron chi connectivity index (χ4n) is 2.65. The Morgan fingerprint density at radius 3 is 2.53 bits per heavy atom. The second-order valence-electron chi connectivity index (χ2n) is 6.60. The molecule has 0 aromatic heterocycles. The third-order valence-electron chi connectivity index (χ3n) is 3.56. The van der Waals surface area contributed by atoms with Gasteiger partial charge in [0.15, 0.2) is 0 Å². The van der Waals surface area contributed by atoms with Crippen molar-refractivity contribution < 1.29 is 9.53 Å². The first-order chi connectivity index (χ1) is 8.82. The van der Waals surface area contributed by atoms with E-state index in [1.807, 2.05) is 14.1 Å². The first-order valence-electron chi connectivity index (χ1n) is 7.07. The van der Waals surface area contributed by atoms with E-state index in [1.54, 1.807) is 0 Å². The van der Waals surface area contributed by atoms with Crippen molar-refractivity contribution in [1.29, 1.82) is 0 Å². The van der Waals surface area contributed by atoms with Crippen LogP contribution in [0.3, 0.4) is 0 Å². The van der Waals surface area contributed by atoms with Crippen molar-refractivity contribution in [3.63, 3.8) is 0 Å². The Morgan fingerprint density at radius 2 is 2.00 bits per heavy atom. The van der Waals surface area contributed by atoms with Gasteiger partial charge in [-0.25, -0.2) is 0 Å². The van der Waals surface area contributed by atoms with Crippen molar-refractivity contribution >= 4 is 5.91 Å². The minimum atomic E-state index is -0.404. The Hall–Kier alpha value is -0.650. The van der Waals surface area contributed by atoms with E-state index in [0.717, 1.165) is 32.6 Å². The molecule has 1 saturated heterocycles. The van der Waals surface area contributed by atoms with Gasteiger partial charge in [-0.1, -0.05) is 13.8 Å². The Kier molecular flexibility index (Phi) is 6.23. The molecule has 1 atom stereocenters. The molecule has 1 aliphatic heterocycles. The van der Waals surface area contributed by atoms with E-state index < -0.39 is 6.04 Å². The van der Waals surface area contributed by atoms with Crippen molar-refractivity contribution in [1.82, 2.24) is 10.2 Å². The molecule has 0 bridgehead atoms. The van der Waals surface area contributed by atoms with E-state index in [1.165, 1.54) is 0 Å². The molecule has 1 aliphatic rings. The summed E-state index contributed by atoms with van der Waals surface area (Å²) in [6.45, 7) is 7.32. The summed E-state index contributed by atoms with van der Waals surface area (Å²) in [6.07, 6.45) is 1.77. The molecule has 0 spiro atoms. The minimum Gasteiger partial charge on any atom is -0.381 e. The van der Waals surface area contributed by atoms with E-state index in [9.17, 15) is 4.79 Å². The van der Waals surface area contributed by atoms with Crippen molar-refractivity contribution in [2.45, 2.75) is 32.7 Å². The Morgan fingerprint density at radius 1 is 1.42 bits per heavy atom. The quantitative estimate of drug-likeness (QED) is 0.736. The average molecular weight is 271 g/mol. The fourth-order valence-corrected chi connectivity index (χ4v) is 2.65. The Labute approximate surface area is 116 Å². The zero-order chi connectivity index (χ0) is 14.5. The lowest BCUT2D eigenvalue weighted by Gasteiger charge is -2.31. The van der Waals surface area contributed by atoms with Crippen LogP contribution in [-0.4, -0.2) is 57.2 Å². The van der Waals surface area contributed by atoms with E-state index in [0.29, 0.717) is 6.54 Å². The molecule has 1 unspecified atom stereocenters. The molecular formula is C14H29N3O2. The molecule has 0 radical (unpaired) electrons. The van der Waals surface area contributed by atoms with Crippen molar-refractivity contribution in [2.24, 2.45) is 17.1 Å². The SMILES string of the molecule is CN(C)CC(C)(C)CNC(=O)C(N)C1CCOCC1. The van der Waals surface area contributed by atoms with Crippen molar-refractivity contribution in [3.8, 4) is 0 Å². The highest BCUT2D eigenvalue weighted by Crippen LogP contribution is 2.18. The first-order valence-corrected chi connectivity index (χ1v) is 7.07. The Balaban J connectivity index is 2.37. The number of ether oxygens (including phenoxy) is 1. The number of nitrogens with zero attached hydrogens (tertiary/aromatic N) is 1. The maximum atomic E-state index is 12.1. The number of carbonyl (C=O) groups is 1. The van der Waals surface area contributed by atoms with Crippen LogP contribution in [-0.2, 0) is 9.53 Å². The summed E-state index contributed by atoms with van der Waals surface area (Å²) in [5.41, 5.74) is 6.09. The van der Waals surface area contributed by atoms with Gasteiger partial charge in [-0.05, 0) is 38.3 Å². The van der Waals surface area contributed by atoms with Crippen LogP contribution in [0.4, 0.5) is 0 Å². The summed E-state index contributed by atoms with van der Waals surface area (Å²) in [5.74, 6) is 0.226. The second-order valence-corrected chi connectivity index (χ2v) is 6.60. The minimum absolute atomic E-state index is 0.0290. The number of hydrogen-bond donors (Lipinski definition) is 2. The predicted molar refractivity (Wildman–Crippen MR) is 76.9 cm³/mol. The summed E-state index contributed by atoms with van der Waals surface area (Å²) in [6, 6.07) is -0.404. The molecular weight excluding hydrogens is 242 g/mol. The molecule has 3 N–H and O–H groups in total. The number of carbonyl (C=O) groups excluding carboxylic acids is 1. The third kappa shape index (κ3) is 5.89. The molecule has 1 rings (SSSR count). The van der Waals surface area contributed by atoms with Gasteiger partial charge in [0.25, 0.3) is 0 Å². The van der Waals surface area contributed by atoms with Crippen molar-refractivity contribution in [2.75, 3.05) is 40.4 Å². The molecule has 0 saturated carbocycles. The zero-order valence-corrected chi connectivity index (χ0v) is 12.7. The van der Waals surface area contributed by atoms with Gasteiger partial charge in [-0.3, -0.25) is 4.79 Å². The van der Waals surface area contributed by atoms with Crippen LogP contribution in [0.25, 0.3) is 0 Å². The van der Waals surface area contributed by atoms with E-state index in [-0.39, 0.29) is 17.2 Å². The normalized spacial score (nSPS) is 19.5. The molecule has 1 fully saturated rings. The zero-order valence-electron chi connectivity index (χ0n) is 12.7. The first kappa shape index (κ1) is 16.4. The maximum absolute atomic E-state index is 12.1. The van der Waals surface area contributed by atoms with Crippen LogP contribution < -0.4 is 11.1 Å². The summed E-state index contributed by atoms with van der Waals surface area (Å²) < 4.78 is 5.29. The van der Waals surface area contributed by atoms with Gasteiger partial charge in [0, 0.05) is 26.3 Å². The molecule has 5 nitrogen and oxygen atoms in total. The van der Waals surface area contributed by atoms with Gasteiger partial charge in [-0.2, -0.15) is 0 Å². The molecule has 0 aromatic rings. The third-order valence-corrected chi connectivity index (χ3v) is 3.56. The van der Waals surface area contributed by atoms with Crippen molar-refractivity contribution in [3.05, 3.63) is 0 Å². The van der Waals surface area contributed by atoms with E-state index >= 15 is 0 Å². The highest BCUT2D eigenvalue weighted by Gasteiger charge is 2.28. The van der Waals surface area contributed by atoms with Gasteiger partial charge in [0.2, 0.25) is 5.91 Å². The monoisotopic (exact) mass is 271 g/mol. The Bertz CT molecular complexity index is 286. The summed E-state index contributed by atoms with van der Waals surface area (Å²) in [5, 5.41) is 2.99. The van der Waals surface area contributed by atoms with E-state index in [2.05, 4.69) is 24.1 Å². The number of nitrogens with one attached hydrogen (secondary N) is 1. The molecule has 0 aromatic carbocycles. The lowest BCUT2D eigenvalue weighted by molar-refractivity contribution is -0.124. The van der Waals surface area contributed by atoms with Gasteiger partial charge in [-0.15, -0.1) is 0 Å². The average Bonchev–Trinajstić information content (AvgIpc) is 2.34. The summed E-state index contributed by atoms with van der Waals surface area (Å²) in [7, 11) is 4.08. The maximum Gasteiger partial charge on any atom is 0.237 e. The van der Waals surface area contributed by atoms with Gasteiger partial charge in [0.05, 0.1) is 6.04 Å². The molecule has 19 heavy (non-hydrogen) atoms. The molecule has 5 heteroatoms. The molecule has 0 aliphatic carbocycles. The lowest BCUT2D eigenvalue weighted by atomic mass is 9.90. The van der Waals surface area contributed by atoms with Gasteiger partial charge < -0.3 is 20.7 Å². The van der Waals surface area contributed by atoms with Crippen LogP contribution >= 0.6 is 0 Å². The second kappa shape index (κ2) is 7.22. The highest BCUT2D eigenvalue weighted by atomic mass is 16.5. The standard InChI is InChI=1S/C14H29N3O2/c1-14(2,10-17(3)4)9-16-13(18)12(15)11-5-7-19-8-6-11/h11-12H,5-10,15H2,1-4H3,(H,16,18). The number of hydrogen-bond acceptors (Lipinski definition) is 4. The smallest absolute Gasteiger partial charge is 0.237 e.